The van der Waals surface area contributed by atoms with E-state index in [1.54, 1.807) is 6.92 Å². The van der Waals surface area contributed by atoms with Crippen LogP contribution < -0.4 is 5.32 Å². The van der Waals surface area contributed by atoms with E-state index in [4.69, 9.17) is 4.74 Å². The molecule has 0 aliphatic carbocycles. The number of nitrogens with one attached hydrogen (secondary N) is 1. The highest BCUT2D eigenvalue weighted by Gasteiger charge is 2.31. The van der Waals surface area contributed by atoms with Crippen molar-refractivity contribution in [3.63, 3.8) is 0 Å². The van der Waals surface area contributed by atoms with E-state index >= 15 is 0 Å². The van der Waals surface area contributed by atoms with Gasteiger partial charge in [-0.25, -0.2) is 0 Å². The van der Waals surface area contributed by atoms with Gasteiger partial charge in [-0.3, -0.25) is 4.79 Å². The zero-order valence-corrected chi connectivity index (χ0v) is 8.82. The highest BCUT2D eigenvalue weighted by Crippen LogP contribution is 2.22. The molecule has 0 unspecified atom stereocenters. The third-order valence-electron chi connectivity index (χ3n) is 2.15. The number of halogens is 1. The molecule has 3 nitrogen and oxygen atoms in total. The molecule has 1 amide bonds. The maximum absolute atomic E-state index is 10.9. The third kappa shape index (κ3) is 2.45. The average molecular weight is 236 g/mol. The largest absolute Gasteiger partial charge is 0.381 e. The topological polar surface area (TPSA) is 38.3 Å². The van der Waals surface area contributed by atoms with Gasteiger partial charge in [-0.05, 0) is 12.8 Å². The summed E-state index contributed by atoms with van der Waals surface area (Å²) in [5, 5.41) is 3.79. The Labute approximate surface area is 81.0 Å². The first-order chi connectivity index (χ1) is 5.68. The van der Waals surface area contributed by atoms with Crippen LogP contribution in [0.4, 0.5) is 0 Å². The van der Waals surface area contributed by atoms with Gasteiger partial charge in [0.25, 0.3) is 0 Å². The van der Waals surface area contributed by atoms with Gasteiger partial charge in [0.1, 0.15) is 0 Å². The number of carbonyl (C=O) groups is 1. The van der Waals surface area contributed by atoms with Crippen LogP contribution >= 0.6 is 15.9 Å². The summed E-state index contributed by atoms with van der Waals surface area (Å²) in [5.74, 6) is 0.0383. The van der Waals surface area contributed by atoms with E-state index in [2.05, 4.69) is 21.2 Å². The number of amides is 1. The minimum absolute atomic E-state index is 0.0383. The Bertz CT molecular complexity index is 166. The maximum Gasteiger partial charge on any atom is 0.217 e. The smallest absolute Gasteiger partial charge is 0.217 e. The molecule has 0 saturated carbocycles. The van der Waals surface area contributed by atoms with Crippen LogP contribution in [0.5, 0.6) is 0 Å². The maximum atomic E-state index is 10.9. The molecule has 1 N–H and O–H groups in total. The molecule has 1 aliphatic heterocycles. The van der Waals surface area contributed by atoms with Gasteiger partial charge in [0.2, 0.25) is 5.91 Å². The van der Waals surface area contributed by atoms with Crippen molar-refractivity contribution in [3.05, 3.63) is 0 Å². The van der Waals surface area contributed by atoms with Gasteiger partial charge in [-0.15, -0.1) is 0 Å². The SMILES string of the molecule is CC(=O)NC1(CBr)CCOCC1. The quantitative estimate of drug-likeness (QED) is 0.728. The monoisotopic (exact) mass is 235 g/mol. The van der Waals surface area contributed by atoms with E-state index < -0.39 is 0 Å². The molecule has 1 fully saturated rings. The van der Waals surface area contributed by atoms with Crippen molar-refractivity contribution >= 4 is 21.8 Å². The van der Waals surface area contributed by atoms with Crippen LogP contribution in [0.1, 0.15) is 19.8 Å². The Hall–Kier alpha value is -0.0900. The summed E-state index contributed by atoms with van der Waals surface area (Å²) >= 11 is 3.43. The molecule has 0 aromatic carbocycles. The minimum atomic E-state index is -0.0654. The van der Waals surface area contributed by atoms with Crippen LogP contribution in [-0.4, -0.2) is 30.0 Å². The number of carbonyl (C=O) groups excluding carboxylic acids is 1. The Balaban J connectivity index is 2.53. The van der Waals surface area contributed by atoms with Crippen molar-refractivity contribution in [3.8, 4) is 0 Å². The average Bonchev–Trinajstić information content (AvgIpc) is 2.05. The second-order valence-electron chi connectivity index (χ2n) is 3.21. The lowest BCUT2D eigenvalue weighted by Crippen LogP contribution is -2.52. The zero-order valence-electron chi connectivity index (χ0n) is 7.23. The predicted molar refractivity (Wildman–Crippen MR) is 50.4 cm³/mol. The van der Waals surface area contributed by atoms with E-state index in [0.717, 1.165) is 31.4 Å². The lowest BCUT2D eigenvalue weighted by molar-refractivity contribution is -0.121. The molecule has 12 heavy (non-hydrogen) atoms. The lowest BCUT2D eigenvalue weighted by atomic mass is 9.92. The van der Waals surface area contributed by atoms with Crippen molar-refractivity contribution in [1.82, 2.24) is 5.32 Å². The van der Waals surface area contributed by atoms with Gasteiger partial charge in [-0.1, -0.05) is 15.9 Å². The summed E-state index contributed by atoms with van der Waals surface area (Å²) in [7, 11) is 0. The van der Waals surface area contributed by atoms with Crippen molar-refractivity contribution < 1.29 is 9.53 Å². The standard InChI is InChI=1S/C8H14BrNO2/c1-7(11)10-8(6-9)2-4-12-5-3-8/h2-6H2,1H3,(H,10,11). The highest BCUT2D eigenvalue weighted by atomic mass is 79.9. The first-order valence-electron chi connectivity index (χ1n) is 4.11. The van der Waals surface area contributed by atoms with Gasteiger partial charge in [0, 0.05) is 25.5 Å². The second-order valence-corrected chi connectivity index (χ2v) is 3.77. The molecule has 1 rings (SSSR count). The summed E-state index contributed by atoms with van der Waals surface area (Å²) in [5.41, 5.74) is -0.0654. The molecule has 0 spiro atoms. The molecular formula is C8H14BrNO2. The fourth-order valence-corrected chi connectivity index (χ4v) is 2.13. The van der Waals surface area contributed by atoms with E-state index in [1.807, 2.05) is 0 Å². The van der Waals surface area contributed by atoms with Gasteiger partial charge < -0.3 is 10.1 Å². The lowest BCUT2D eigenvalue weighted by Gasteiger charge is -2.36. The summed E-state index contributed by atoms with van der Waals surface area (Å²) in [4.78, 5) is 10.9. The molecule has 0 aromatic rings. The van der Waals surface area contributed by atoms with Crippen LogP contribution in [0.2, 0.25) is 0 Å². The molecule has 70 valence electrons. The van der Waals surface area contributed by atoms with E-state index in [9.17, 15) is 4.79 Å². The summed E-state index contributed by atoms with van der Waals surface area (Å²) in [6.45, 7) is 3.04. The number of hydrogen-bond donors (Lipinski definition) is 1. The molecule has 0 bridgehead atoms. The molecule has 0 aromatic heterocycles. The Morgan fingerprint density at radius 3 is 2.58 bits per heavy atom. The minimum Gasteiger partial charge on any atom is -0.381 e. The fourth-order valence-electron chi connectivity index (χ4n) is 1.43. The summed E-state index contributed by atoms with van der Waals surface area (Å²) in [6, 6.07) is 0. The predicted octanol–water partition coefficient (Wildman–Crippen LogP) is 1.07. The molecule has 1 aliphatic rings. The van der Waals surface area contributed by atoms with Gasteiger partial charge in [0.05, 0.1) is 5.54 Å². The Morgan fingerprint density at radius 2 is 2.17 bits per heavy atom. The Kier molecular flexibility index (Phi) is 3.53. The fraction of sp³-hybridized carbons (Fsp3) is 0.875. The van der Waals surface area contributed by atoms with Crippen LogP contribution in [0.3, 0.4) is 0 Å². The van der Waals surface area contributed by atoms with Crippen molar-refractivity contribution in [2.75, 3.05) is 18.5 Å². The molecular weight excluding hydrogens is 222 g/mol. The van der Waals surface area contributed by atoms with Crippen LogP contribution in [0, 0.1) is 0 Å². The number of ether oxygens (including phenoxy) is 1. The number of alkyl halides is 1. The van der Waals surface area contributed by atoms with Crippen molar-refractivity contribution in [2.24, 2.45) is 0 Å². The van der Waals surface area contributed by atoms with Crippen molar-refractivity contribution in [2.45, 2.75) is 25.3 Å². The first kappa shape index (κ1) is 9.99. The number of hydrogen-bond acceptors (Lipinski definition) is 2. The van der Waals surface area contributed by atoms with Gasteiger partial charge in [-0.2, -0.15) is 0 Å². The summed E-state index contributed by atoms with van der Waals surface area (Å²) < 4.78 is 5.24. The summed E-state index contributed by atoms with van der Waals surface area (Å²) in [6.07, 6.45) is 1.80. The molecule has 0 radical (unpaired) electrons. The van der Waals surface area contributed by atoms with Crippen LogP contribution in [0.25, 0.3) is 0 Å². The van der Waals surface area contributed by atoms with Crippen LogP contribution in [-0.2, 0) is 9.53 Å². The highest BCUT2D eigenvalue weighted by molar-refractivity contribution is 9.09. The van der Waals surface area contributed by atoms with E-state index in [0.29, 0.717) is 0 Å². The Morgan fingerprint density at radius 1 is 1.58 bits per heavy atom. The van der Waals surface area contributed by atoms with Gasteiger partial charge >= 0.3 is 0 Å². The van der Waals surface area contributed by atoms with E-state index in [-0.39, 0.29) is 11.4 Å². The molecule has 1 saturated heterocycles. The van der Waals surface area contributed by atoms with E-state index in [1.165, 1.54) is 0 Å². The van der Waals surface area contributed by atoms with Crippen LogP contribution in [0.15, 0.2) is 0 Å². The third-order valence-corrected chi connectivity index (χ3v) is 3.22. The van der Waals surface area contributed by atoms with Crippen molar-refractivity contribution in [1.29, 1.82) is 0 Å². The molecule has 0 atom stereocenters. The zero-order chi connectivity index (χ0) is 9.03. The molecule has 4 heteroatoms. The normalized spacial score (nSPS) is 21.8. The first-order valence-corrected chi connectivity index (χ1v) is 5.23. The molecule has 1 heterocycles. The van der Waals surface area contributed by atoms with Gasteiger partial charge in [0.15, 0.2) is 0 Å². The second kappa shape index (κ2) is 4.23. The number of rotatable bonds is 2.